The molecule has 7 heteroatoms. The summed E-state index contributed by atoms with van der Waals surface area (Å²) in [6, 6.07) is 38.0. The predicted molar refractivity (Wildman–Crippen MR) is 201 cm³/mol. The summed E-state index contributed by atoms with van der Waals surface area (Å²) in [6.45, 7) is 7.52. The lowest BCUT2D eigenvalue weighted by Gasteiger charge is -2.34. The number of benzene rings is 5. The summed E-state index contributed by atoms with van der Waals surface area (Å²) in [5.41, 5.74) is 24.7. The number of anilines is 5. The molecule has 0 spiro atoms. The molecule has 0 aliphatic carbocycles. The number of hydrogen-bond donors (Lipinski definition) is 4. The van der Waals surface area contributed by atoms with Gasteiger partial charge in [0.05, 0.1) is 49.1 Å². The van der Waals surface area contributed by atoms with E-state index in [1.54, 1.807) is 14.2 Å². The number of allylic oxidation sites excluding steroid dienone is 1. The van der Waals surface area contributed by atoms with E-state index < -0.39 is 0 Å². The number of nitrogens with two attached hydrogens (primary N) is 2. The van der Waals surface area contributed by atoms with Crippen LogP contribution in [0.1, 0.15) is 59.7 Å². The number of ether oxygens (including phenoxy) is 2. The van der Waals surface area contributed by atoms with Crippen molar-refractivity contribution in [2.75, 3.05) is 41.2 Å². The number of methoxy groups -OCH3 is 2. The maximum absolute atomic E-state index is 6.66. The first-order valence-electron chi connectivity index (χ1n) is 16.4. The second kappa shape index (κ2) is 14.5. The highest BCUT2D eigenvalue weighted by atomic mass is 16.5. The molecule has 1 heterocycles. The van der Waals surface area contributed by atoms with Gasteiger partial charge in [0.2, 0.25) is 0 Å². The van der Waals surface area contributed by atoms with E-state index in [1.807, 2.05) is 31.2 Å². The quantitative estimate of drug-likeness (QED) is 0.101. The van der Waals surface area contributed by atoms with Crippen LogP contribution < -0.4 is 36.5 Å². The van der Waals surface area contributed by atoms with Crippen LogP contribution in [0, 0.1) is 0 Å². The highest BCUT2D eigenvalue weighted by Gasteiger charge is 2.36. The maximum atomic E-state index is 6.66. The van der Waals surface area contributed by atoms with Crippen molar-refractivity contribution in [1.82, 2.24) is 0 Å². The summed E-state index contributed by atoms with van der Waals surface area (Å²) in [6.07, 6.45) is 1.98. The van der Waals surface area contributed by atoms with Crippen LogP contribution in [0.25, 0.3) is 5.57 Å². The van der Waals surface area contributed by atoms with E-state index >= 15 is 0 Å². The molecule has 0 radical (unpaired) electrons. The summed E-state index contributed by atoms with van der Waals surface area (Å²) < 4.78 is 10.6. The van der Waals surface area contributed by atoms with Crippen molar-refractivity contribution < 1.29 is 9.47 Å². The molecule has 48 heavy (non-hydrogen) atoms. The van der Waals surface area contributed by atoms with Gasteiger partial charge in [-0.2, -0.15) is 0 Å². The van der Waals surface area contributed by atoms with Crippen LogP contribution in [0.5, 0.6) is 11.5 Å². The number of nitrogens with zero attached hydrogens (tertiary/aromatic N) is 1. The fourth-order valence-corrected chi connectivity index (χ4v) is 6.52. The summed E-state index contributed by atoms with van der Waals surface area (Å²) in [5.74, 6) is 1.69. The molecular formula is C41H45N5O2. The molecule has 1 saturated heterocycles. The van der Waals surface area contributed by atoms with Gasteiger partial charge in [-0.25, -0.2) is 0 Å². The van der Waals surface area contributed by atoms with Crippen LogP contribution in [0.3, 0.4) is 0 Å². The predicted octanol–water partition coefficient (Wildman–Crippen LogP) is 9.21. The Labute approximate surface area is 284 Å². The normalized spacial score (nSPS) is 15.6. The minimum Gasteiger partial charge on any atom is -0.497 e. The lowest BCUT2D eigenvalue weighted by Crippen LogP contribution is -2.26. The molecule has 6 rings (SSSR count). The third-order valence-electron chi connectivity index (χ3n) is 9.25. The van der Waals surface area contributed by atoms with Crippen LogP contribution in [0.15, 0.2) is 116 Å². The first-order valence-corrected chi connectivity index (χ1v) is 16.4. The Bertz CT molecular complexity index is 1740. The standard InChI is InChI=1S/C41H45N5O2/c1-27(2)30-9-13-33(14-10-30)46-40(31-11-19-38(36(42)23-31)44-25-28-5-15-34(47-3)16-6-28)21-22-41(46)32-12-20-39(37(43)24-32)45-26-29-7-17-35(48-4)18-8-29/h5-20,23-24,40-41,44-45H,1,21-22,25-26,42-43H2,2-4H3. The molecule has 2 unspecified atom stereocenters. The Kier molecular flexibility index (Phi) is 9.76. The van der Waals surface area contributed by atoms with Crippen molar-refractivity contribution in [2.45, 2.75) is 44.9 Å². The fourth-order valence-electron chi connectivity index (χ4n) is 6.52. The third-order valence-corrected chi connectivity index (χ3v) is 9.25. The molecule has 1 fully saturated rings. The molecule has 1 aliphatic heterocycles. The van der Waals surface area contributed by atoms with Gasteiger partial charge in [-0.1, -0.05) is 60.7 Å². The van der Waals surface area contributed by atoms with Gasteiger partial charge in [0.25, 0.3) is 0 Å². The first-order chi connectivity index (χ1) is 23.3. The first kappa shape index (κ1) is 32.4. The smallest absolute Gasteiger partial charge is 0.118 e. The lowest BCUT2D eigenvalue weighted by molar-refractivity contribution is 0.414. The van der Waals surface area contributed by atoms with Gasteiger partial charge in [-0.05, 0) is 108 Å². The average Bonchev–Trinajstić information content (AvgIpc) is 3.56. The molecule has 7 nitrogen and oxygen atoms in total. The summed E-state index contributed by atoms with van der Waals surface area (Å²) in [4.78, 5) is 2.53. The van der Waals surface area contributed by atoms with E-state index in [4.69, 9.17) is 20.9 Å². The van der Waals surface area contributed by atoms with E-state index in [0.717, 1.165) is 75.0 Å². The van der Waals surface area contributed by atoms with E-state index in [-0.39, 0.29) is 12.1 Å². The van der Waals surface area contributed by atoms with Crippen LogP contribution >= 0.6 is 0 Å². The largest absolute Gasteiger partial charge is 0.497 e. The van der Waals surface area contributed by atoms with Crippen molar-refractivity contribution in [3.8, 4) is 11.5 Å². The van der Waals surface area contributed by atoms with Gasteiger partial charge < -0.3 is 36.5 Å². The van der Waals surface area contributed by atoms with E-state index in [2.05, 4.69) is 107 Å². The van der Waals surface area contributed by atoms with Crippen molar-refractivity contribution in [3.63, 3.8) is 0 Å². The Hall–Kier alpha value is -5.56. The SMILES string of the molecule is C=C(C)c1ccc(N2C(c3ccc(NCc4ccc(OC)cc4)c(N)c3)CCC2c2ccc(NCc3ccc(OC)cc3)c(N)c2)cc1. The molecule has 5 aromatic rings. The number of hydrogen-bond acceptors (Lipinski definition) is 7. The summed E-state index contributed by atoms with van der Waals surface area (Å²) in [7, 11) is 3.35. The molecule has 246 valence electrons. The Morgan fingerprint density at radius 3 is 1.48 bits per heavy atom. The number of nitrogens with one attached hydrogen (secondary N) is 2. The molecular weight excluding hydrogens is 594 g/mol. The van der Waals surface area contributed by atoms with Crippen LogP contribution in [-0.4, -0.2) is 14.2 Å². The topological polar surface area (TPSA) is 97.8 Å². The summed E-state index contributed by atoms with van der Waals surface area (Å²) >= 11 is 0. The fraction of sp³-hybridized carbons (Fsp3) is 0.220. The summed E-state index contributed by atoms with van der Waals surface area (Å²) in [5, 5.41) is 7.01. The van der Waals surface area contributed by atoms with E-state index in [0.29, 0.717) is 13.1 Å². The molecule has 1 aliphatic rings. The molecule has 0 amide bonds. The van der Waals surface area contributed by atoms with Crippen molar-refractivity contribution >= 4 is 34.0 Å². The minimum atomic E-state index is 0.151. The molecule has 6 N–H and O–H groups in total. The van der Waals surface area contributed by atoms with Gasteiger partial charge in [0, 0.05) is 18.8 Å². The highest BCUT2D eigenvalue weighted by molar-refractivity contribution is 5.70. The molecule has 0 saturated carbocycles. The zero-order chi connectivity index (χ0) is 33.6. The van der Waals surface area contributed by atoms with E-state index in [1.165, 1.54) is 11.1 Å². The van der Waals surface area contributed by atoms with Crippen molar-refractivity contribution in [3.05, 3.63) is 144 Å². The van der Waals surface area contributed by atoms with Crippen LogP contribution in [0.2, 0.25) is 0 Å². The zero-order valence-electron chi connectivity index (χ0n) is 28.0. The van der Waals surface area contributed by atoms with Gasteiger partial charge in [-0.3, -0.25) is 0 Å². The minimum absolute atomic E-state index is 0.151. The molecule has 2 atom stereocenters. The van der Waals surface area contributed by atoms with Gasteiger partial charge in [-0.15, -0.1) is 0 Å². The number of nitrogen functional groups attached to an aromatic ring is 2. The van der Waals surface area contributed by atoms with E-state index in [9.17, 15) is 0 Å². The molecule has 5 aromatic carbocycles. The van der Waals surface area contributed by atoms with Crippen molar-refractivity contribution in [2.24, 2.45) is 0 Å². The molecule has 0 aromatic heterocycles. The maximum Gasteiger partial charge on any atom is 0.118 e. The lowest BCUT2D eigenvalue weighted by atomic mass is 10.0. The Morgan fingerprint density at radius 1 is 0.667 bits per heavy atom. The molecule has 0 bridgehead atoms. The Morgan fingerprint density at radius 2 is 1.10 bits per heavy atom. The van der Waals surface area contributed by atoms with Crippen molar-refractivity contribution in [1.29, 1.82) is 0 Å². The van der Waals surface area contributed by atoms with Gasteiger partial charge >= 0.3 is 0 Å². The monoisotopic (exact) mass is 639 g/mol. The third kappa shape index (κ3) is 7.20. The van der Waals surface area contributed by atoms with Gasteiger partial charge in [0.15, 0.2) is 0 Å². The highest BCUT2D eigenvalue weighted by Crippen LogP contribution is 2.48. The second-order valence-electron chi connectivity index (χ2n) is 12.4. The number of rotatable bonds is 12. The second-order valence-corrected chi connectivity index (χ2v) is 12.4. The average molecular weight is 640 g/mol. The van der Waals surface area contributed by atoms with Crippen LogP contribution in [-0.2, 0) is 13.1 Å². The Balaban J connectivity index is 1.23. The zero-order valence-corrected chi connectivity index (χ0v) is 28.0. The van der Waals surface area contributed by atoms with Gasteiger partial charge in [0.1, 0.15) is 11.5 Å². The van der Waals surface area contributed by atoms with Crippen LogP contribution in [0.4, 0.5) is 28.4 Å².